The Kier molecular flexibility index (Phi) is 7.14. The van der Waals surface area contributed by atoms with Crippen molar-refractivity contribution in [1.82, 2.24) is 14.8 Å². The number of thiophene rings is 1. The van der Waals surface area contributed by atoms with E-state index in [0.29, 0.717) is 17.6 Å². The average Bonchev–Trinajstić information content (AvgIpc) is 3.35. The molecule has 0 atom stereocenters. The summed E-state index contributed by atoms with van der Waals surface area (Å²) in [4.78, 5) is 13.9. The number of para-hydroxylation sites is 1. The number of rotatable bonds is 8. The van der Waals surface area contributed by atoms with Gasteiger partial charge in [-0.05, 0) is 41.3 Å². The maximum absolute atomic E-state index is 12.8. The molecule has 1 amide bonds. The van der Waals surface area contributed by atoms with Gasteiger partial charge in [-0.15, -0.1) is 21.5 Å². The van der Waals surface area contributed by atoms with Crippen molar-refractivity contribution in [3.8, 4) is 10.7 Å². The molecule has 0 saturated heterocycles. The van der Waals surface area contributed by atoms with Crippen LogP contribution in [0.4, 0.5) is 5.69 Å². The Labute approximate surface area is 180 Å². The van der Waals surface area contributed by atoms with E-state index in [1.165, 1.54) is 22.9 Å². The van der Waals surface area contributed by atoms with Crippen LogP contribution < -0.4 is 5.32 Å². The Morgan fingerprint density at radius 2 is 1.79 bits per heavy atom. The molecular weight excluding hydrogens is 400 g/mol. The lowest BCUT2D eigenvalue weighted by Gasteiger charge is -2.20. The summed E-state index contributed by atoms with van der Waals surface area (Å²) in [6.45, 7) is 11.4. The topological polar surface area (TPSA) is 59.8 Å². The number of anilines is 1. The van der Waals surface area contributed by atoms with Crippen molar-refractivity contribution < 1.29 is 4.79 Å². The highest BCUT2D eigenvalue weighted by atomic mass is 32.2. The molecule has 0 saturated carbocycles. The van der Waals surface area contributed by atoms with E-state index in [9.17, 15) is 4.79 Å². The molecule has 0 aliphatic heterocycles. The molecule has 2 heterocycles. The van der Waals surface area contributed by atoms with Gasteiger partial charge >= 0.3 is 0 Å². The van der Waals surface area contributed by atoms with Crippen LogP contribution in [-0.2, 0) is 11.3 Å². The third-order valence-electron chi connectivity index (χ3n) is 4.74. The lowest BCUT2D eigenvalue weighted by atomic mass is 9.92. The van der Waals surface area contributed by atoms with Gasteiger partial charge in [-0.3, -0.25) is 4.79 Å². The number of carbonyl (C=O) groups excluding carboxylic acids is 1. The van der Waals surface area contributed by atoms with Crippen molar-refractivity contribution >= 4 is 34.7 Å². The minimum atomic E-state index is -0.0201. The lowest BCUT2D eigenvalue weighted by molar-refractivity contribution is -0.113. The number of benzene rings is 1. The van der Waals surface area contributed by atoms with Crippen LogP contribution in [0.2, 0.25) is 0 Å². The predicted molar refractivity (Wildman–Crippen MR) is 123 cm³/mol. The Hall–Kier alpha value is -2.12. The first-order valence-electron chi connectivity index (χ1n) is 9.94. The maximum Gasteiger partial charge on any atom is 0.234 e. The Balaban J connectivity index is 1.75. The molecule has 0 fully saturated rings. The van der Waals surface area contributed by atoms with E-state index in [-0.39, 0.29) is 5.91 Å². The number of amides is 1. The molecule has 0 radical (unpaired) electrons. The Morgan fingerprint density at radius 3 is 2.34 bits per heavy atom. The zero-order valence-corrected chi connectivity index (χ0v) is 19.2. The number of nitrogens with zero attached hydrogens (tertiary/aromatic N) is 3. The van der Waals surface area contributed by atoms with Crippen molar-refractivity contribution in [3.05, 3.63) is 46.8 Å². The molecule has 5 nitrogen and oxygen atoms in total. The van der Waals surface area contributed by atoms with E-state index < -0.39 is 0 Å². The monoisotopic (exact) mass is 428 g/mol. The first-order chi connectivity index (χ1) is 13.9. The number of thioether (sulfide) groups is 1. The number of hydrogen-bond donors (Lipinski definition) is 1. The standard InChI is InChI=1S/C22H28N4OS2/c1-6-26-21(18-11-8-12-28-18)24-25-22(26)29-13-19(27)23-20-16(14(2)3)9-7-10-17(20)15(4)5/h7-12,14-15H,6,13H2,1-5H3,(H,23,27). The fourth-order valence-electron chi connectivity index (χ4n) is 3.27. The summed E-state index contributed by atoms with van der Waals surface area (Å²) in [5.74, 6) is 1.82. The van der Waals surface area contributed by atoms with E-state index in [1.807, 2.05) is 17.5 Å². The van der Waals surface area contributed by atoms with Gasteiger partial charge in [0.15, 0.2) is 11.0 Å². The molecule has 0 spiro atoms. The van der Waals surface area contributed by atoms with E-state index in [1.54, 1.807) is 11.3 Å². The molecule has 0 aliphatic carbocycles. The SMILES string of the molecule is CCn1c(SCC(=O)Nc2c(C(C)C)cccc2C(C)C)nnc1-c1cccs1. The van der Waals surface area contributed by atoms with E-state index in [0.717, 1.165) is 28.1 Å². The Morgan fingerprint density at radius 1 is 1.10 bits per heavy atom. The number of nitrogens with one attached hydrogen (secondary N) is 1. The second-order valence-corrected chi connectivity index (χ2v) is 9.38. The van der Waals surface area contributed by atoms with Crippen LogP contribution in [0.1, 0.15) is 57.6 Å². The summed E-state index contributed by atoms with van der Waals surface area (Å²) in [5.41, 5.74) is 3.30. The van der Waals surface area contributed by atoms with Gasteiger partial charge in [-0.25, -0.2) is 0 Å². The third kappa shape index (κ3) is 4.90. The molecule has 3 rings (SSSR count). The van der Waals surface area contributed by atoms with Gasteiger partial charge in [-0.2, -0.15) is 0 Å². The van der Waals surface area contributed by atoms with Gasteiger partial charge in [0.2, 0.25) is 5.91 Å². The summed E-state index contributed by atoms with van der Waals surface area (Å²) in [6, 6.07) is 10.3. The first-order valence-corrected chi connectivity index (χ1v) is 11.8. The number of carbonyl (C=O) groups is 1. The second kappa shape index (κ2) is 9.59. The highest BCUT2D eigenvalue weighted by Gasteiger charge is 2.18. The molecule has 0 unspecified atom stereocenters. The zero-order chi connectivity index (χ0) is 21.0. The van der Waals surface area contributed by atoms with Crippen molar-refractivity contribution in [2.45, 2.75) is 58.2 Å². The van der Waals surface area contributed by atoms with E-state index in [4.69, 9.17) is 0 Å². The normalized spacial score (nSPS) is 11.4. The Bertz CT molecular complexity index is 935. The van der Waals surface area contributed by atoms with Crippen LogP contribution in [0.15, 0.2) is 40.9 Å². The van der Waals surface area contributed by atoms with Crippen LogP contribution in [0.5, 0.6) is 0 Å². The summed E-state index contributed by atoms with van der Waals surface area (Å²) in [7, 11) is 0. The molecule has 0 bridgehead atoms. The summed E-state index contributed by atoms with van der Waals surface area (Å²) < 4.78 is 2.06. The van der Waals surface area contributed by atoms with Gasteiger partial charge in [0.1, 0.15) is 0 Å². The molecule has 7 heteroatoms. The van der Waals surface area contributed by atoms with Gasteiger partial charge in [0.25, 0.3) is 0 Å². The van der Waals surface area contributed by atoms with Crippen LogP contribution >= 0.6 is 23.1 Å². The van der Waals surface area contributed by atoms with Crippen molar-refractivity contribution in [2.24, 2.45) is 0 Å². The molecular formula is C22H28N4OS2. The molecule has 154 valence electrons. The molecule has 1 N–H and O–H groups in total. The minimum Gasteiger partial charge on any atom is -0.325 e. The van der Waals surface area contributed by atoms with Gasteiger partial charge in [0, 0.05) is 12.2 Å². The van der Waals surface area contributed by atoms with E-state index >= 15 is 0 Å². The smallest absolute Gasteiger partial charge is 0.234 e. The largest absolute Gasteiger partial charge is 0.325 e. The van der Waals surface area contributed by atoms with Crippen LogP contribution in [-0.4, -0.2) is 26.4 Å². The maximum atomic E-state index is 12.8. The van der Waals surface area contributed by atoms with Crippen molar-refractivity contribution in [1.29, 1.82) is 0 Å². The molecule has 2 aromatic heterocycles. The predicted octanol–water partition coefficient (Wildman–Crippen LogP) is 6.00. The molecule has 0 aliphatic rings. The van der Waals surface area contributed by atoms with E-state index in [2.05, 4.69) is 72.9 Å². The molecule has 29 heavy (non-hydrogen) atoms. The number of hydrogen-bond acceptors (Lipinski definition) is 5. The number of aromatic nitrogens is 3. The third-order valence-corrected chi connectivity index (χ3v) is 6.58. The molecule has 3 aromatic rings. The fourth-order valence-corrected chi connectivity index (χ4v) is 4.79. The summed E-state index contributed by atoms with van der Waals surface area (Å²) in [6.07, 6.45) is 0. The molecule has 1 aromatic carbocycles. The first kappa shape index (κ1) is 21.6. The highest BCUT2D eigenvalue weighted by molar-refractivity contribution is 7.99. The fraction of sp³-hybridized carbons (Fsp3) is 0.409. The zero-order valence-electron chi connectivity index (χ0n) is 17.6. The van der Waals surface area contributed by atoms with Gasteiger partial charge in [0.05, 0.1) is 10.6 Å². The van der Waals surface area contributed by atoms with Crippen molar-refractivity contribution in [2.75, 3.05) is 11.1 Å². The van der Waals surface area contributed by atoms with Gasteiger partial charge < -0.3 is 9.88 Å². The lowest BCUT2D eigenvalue weighted by Crippen LogP contribution is -2.18. The summed E-state index contributed by atoms with van der Waals surface area (Å²) >= 11 is 3.07. The van der Waals surface area contributed by atoms with Gasteiger partial charge in [-0.1, -0.05) is 63.7 Å². The van der Waals surface area contributed by atoms with Crippen LogP contribution in [0, 0.1) is 0 Å². The minimum absolute atomic E-state index is 0.0201. The highest BCUT2D eigenvalue weighted by Crippen LogP contribution is 2.33. The van der Waals surface area contributed by atoms with Crippen LogP contribution in [0.3, 0.4) is 0 Å². The summed E-state index contributed by atoms with van der Waals surface area (Å²) in [5, 5.41) is 14.6. The quantitative estimate of drug-likeness (QED) is 0.447. The second-order valence-electron chi connectivity index (χ2n) is 7.49. The average molecular weight is 429 g/mol. The van der Waals surface area contributed by atoms with Crippen molar-refractivity contribution in [3.63, 3.8) is 0 Å². The van der Waals surface area contributed by atoms with Crippen LogP contribution in [0.25, 0.3) is 10.7 Å².